The second-order valence-corrected chi connectivity index (χ2v) is 10.1. The third kappa shape index (κ3) is 4.34. The lowest BCUT2D eigenvalue weighted by atomic mass is 10.1. The molecule has 8 nitrogen and oxygen atoms in total. The van der Waals surface area contributed by atoms with E-state index in [1.807, 2.05) is 0 Å². The van der Waals surface area contributed by atoms with Gasteiger partial charge in [0.05, 0.1) is 11.3 Å². The van der Waals surface area contributed by atoms with Crippen molar-refractivity contribution in [1.82, 2.24) is 5.01 Å². The Morgan fingerprint density at radius 1 is 1.19 bits per heavy atom. The number of amidine groups is 2. The average molecular weight is 473 g/mol. The first-order valence-corrected chi connectivity index (χ1v) is 11.9. The van der Waals surface area contributed by atoms with Crippen molar-refractivity contribution < 1.29 is 22.3 Å². The molecule has 2 heterocycles. The summed E-state index contributed by atoms with van der Waals surface area (Å²) in [5.41, 5.74) is 1.02. The van der Waals surface area contributed by atoms with Gasteiger partial charge in [0.2, 0.25) is 19.4 Å². The Bertz CT molecular complexity index is 1300. The van der Waals surface area contributed by atoms with Crippen molar-refractivity contribution in [3.63, 3.8) is 0 Å². The number of nitrogens with zero attached hydrogens (tertiary/aromatic N) is 3. The number of halogens is 1. The van der Waals surface area contributed by atoms with Crippen molar-refractivity contribution in [2.75, 3.05) is 5.75 Å². The van der Waals surface area contributed by atoms with E-state index in [0.29, 0.717) is 16.9 Å². The monoisotopic (exact) mass is 472 g/mol. The fraction of sp³-hybridized carbons (Fsp3) is 0.143. The highest BCUT2D eigenvalue weighted by atomic mass is 32.3. The van der Waals surface area contributed by atoms with Crippen LogP contribution in [-0.2, 0) is 21.2 Å². The van der Waals surface area contributed by atoms with Crippen LogP contribution in [0.5, 0.6) is 5.75 Å². The molecule has 2 aromatic carbocycles. The molecule has 0 aromatic heterocycles. The number of sulfone groups is 1. The van der Waals surface area contributed by atoms with Gasteiger partial charge in [-0.3, -0.25) is 10.2 Å². The zero-order chi connectivity index (χ0) is 22.9. The largest absolute Gasteiger partial charge is 0.489 e. The molecule has 1 amide bonds. The highest BCUT2D eigenvalue weighted by Gasteiger charge is 2.39. The lowest BCUT2D eigenvalue weighted by Crippen LogP contribution is -2.35. The molecule has 0 bridgehead atoms. The number of rotatable bonds is 5. The molecule has 0 saturated heterocycles. The van der Waals surface area contributed by atoms with E-state index in [1.54, 1.807) is 42.5 Å². The van der Waals surface area contributed by atoms with Crippen molar-refractivity contribution in [2.45, 2.75) is 13.5 Å². The minimum Gasteiger partial charge on any atom is -0.489 e. The number of thioether (sulfide) groups is 1. The maximum absolute atomic E-state index is 13.7. The van der Waals surface area contributed by atoms with Gasteiger partial charge in [-0.05, 0) is 41.6 Å². The summed E-state index contributed by atoms with van der Waals surface area (Å²) in [6, 6.07) is 13.0. The molecule has 4 rings (SSSR count). The van der Waals surface area contributed by atoms with Gasteiger partial charge in [0.15, 0.2) is 5.84 Å². The van der Waals surface area contributed by atoms with Crippen LogP contribution in [-0.4, -0.2) is 40.5 Å². The number of hydrogen-bond acceptors (Lipinski definition) is 7. The van der Waals surface area contributed by atoms with E-state index in [-0.39, 0.29) is 39.1 Å². The van der Waals surface area contributed by atoms with Gasteiger partial charge in [-0.2, -0.15) is 10.0 Å². The lowest BCUT2D eigenvalue weighted by molar-refractivity contribution is -0.114. The summed E-state index contributed by atoms with van der Waals surface area (Å²) in [6.45, 7) is 1.56. The number of carbonyl (C=O) groups excluding carboxylic acids is 1. The van der Waals surface area contributed by atoms with Gasteiger partial charge in [-0.15, -0.1) is 5.10 Å². The standard InChI is InChI=1S/C21H17FN4O4S2/c1-2-32(28,29)21-25-26-18(23)16(19(27)24-20(26)31-21)11-13-7-9-15(10-8-13)30-12-14-5-3-4-6-17(14)22/h3-11,23H,2,12H2,1H3/b16-11-,23-18?. The molecule has 2 aliphatic heterocycles. The number of nitrogens with one attached hydrogen (secondary N) is 1. The van der Waals surface area contributed by atoms with Gasteiger partial charge >= 0.3 is 0 Å². The van der Waals surface area contributed by atoms with Crippen LogP contribution in [0.2, 0.25) is 0 Å². The fourth-order valence-corrected chi connectivity index (χ4v) is 4.99. The van der Waals surface area contributed by atoms with E-state index in [0.717, 1.165) is 16.8 Å². The van der Waals surface area contributed by atoms with E-state index >= 15 is 0 Å². The number of ether oxygens (including phenoxy) is 1. The summed E-state index contributed by atoms with van der Waals surface area (Å²) in [7, 11) is -3.58. The van der Waals surface area contributed by atoms with Crippen LogP contribution in [0.25, 0.3) is 6.08 Å². The average Bonchev–Trinajstić information content (AvgIpc) is 3.22. The van der Waals surface area contributed by atoms with E-state index < -0.39 is 15.7 Å². The lowest BCUT2D eigenvalue weighted by Gasteiger charge is -2.20. The maximum atomic E-state index is 13.7. The molecule has 0 saturated carbocycles. The maximum Gasteiger partial charge on any atom is 0.283 e. The van der Waals surface area contributed by atoms with Gasteiger partial charge in [0.25, 0.3) is 5.91 Å². The first kappa shape index (κ1) is 21.9. The van der Waals surface area contributed by atoms with Crippen molar-refractivity contribution in [1.29, 1.82) is 5.41 Å². The smallest absolute Gasteiger partial charge is 0.283 e. The zero-order valence-corrected chi connectivity index (χ0v) is 18.4. The minimum atomic E-state index is -3.58. The second kappa shape index (κ2) is 8.67. The summed E-state index contributed by atoms with van der Waals surface area (Å²) in [4.78, 5) is 16.3. The SMILES string of the molecule is CCS(=O)(=O)C1=NN2C(=N)/C(=C/c3ccc(OCc4ccccc4F)cc3)C(=O)N=C2S1. The Balaban J connectivity index is 1.51. The first-order valence-electron chi connectivity index (χ1n) is 9.48. The Morgan fingerprint density at radius 2 is 1.91 bits per heavy atom. The molecule has 0 spiro atoms. The molecule has 32 heavy (non-hydrogen) atoms. The zero-order valence-electron chi connectivity index (χ0n) is 16.8. The predicted molar refractivity (Wildman–Crippen MR) is 122 cm³/mol. The Morgan fingerprint density at radius 3 is 2.59 bits per heavy atom. The summed E-state index contributed by atoms with van der Waals surface area (Å²) < 4.78 is 43.2. The highest BCUT2D eigenvalue weighted by Crippen LogP contribution is 2.30. The molecule has 0 fully saturated rings. The van der Waals surface area contributed by atoms with E-state index in [2.05, 4.69) is 10.1 Å². The molecule has 2 aromatic rings. The Hall–Kier alpha value is -3.31. The second-order valence-electron chi connectivity index (χ2n) is 6.74. The van der Waals surface area contributed by atoms with Crippen LogP contribution in [0.3, 0.4) is 0 Å². The third-order valence-electron chi connectivity index (χ3n) is 4.63. The quantitative estimate of drug-likeness (QED) is 0.668. The summed E-state index contributed by atoms with van der Waals surface area (Å²) in [5, 5.41) is 13.4. The molecular weight excluding hydrogens is 455 g/mol. The Kier molecular flexibility index (Phi) is 5.94. The van der Waals surface area contributed by atoms with Crippen molar-refractivity contribution >= 4 is 49.0 Å². The normalized spacial score (nSPS) is 17.3. The number of hydrazone groups is 1. The number of amides is 1. The van der Waals surface area contributed by atoms with Crippen LogP contribution >= 0.6 is 11.8 Å². The van der Waals surface area contributed by atoms with E-state index in [1.165, 1.54) is 19.1 Å². The van der Waals surface area contributed by atoms with Crippen molar-refractivity contribution in [3.8, 4) is 5.75 Å². The third-order valence-corrected chi connectivity index (χ3v) is 7.71. The summed E-state index contributed by atoms with van der Waals surface area (Å²) >= 11 is 0.754. The summed E-state index contributed by atoms with van der Waals surface area (Å²) in [5.74, 6) is -0.890. The van der Waals surface area contributed by atoms with Crippen LogP contribution in [0.1, 0.15) is 18.1 Å². The first-order chi connectivity index (χ1) is 15.3. The number of fused-ring (bicyclic) bond motifs is 1. The number of hydrogen-bond donors (Lipinski definition) is 1. The van der Waals surface area contributed by atoms with Gasteiger partial charge in [0.1, 0.15) is 18.2 Å². The fourth-order valence-electron chi connectivity index (χ4n) is 2.83. The predicted octanol–water partition coefficient (Wildman–Crippen LogP) is 3.42. The molecule has 2 aliphatic rings. The minimum absolute atomic E-state index is 0.0201. The van der Waals surface area contributed by atoms with Gasteiger partial charge in [-0.25, -0.2) is 12.8 Å². The topological polar surface area (TPSA) is 112 Å². The molecule has 0 aliphatic carbocycles. The Labute approximate surface area is 187 Å². The van der Waals surface area contributed by atoms with E-state index in [4.69, 9.17) is 10.1 Å². The van der Waals surface area contributed by atoms with Gasteiger partial charge in [-0.1, -0.05) is 37.3 Å². The molecule has 1 N–H and O–H groups in total. The number of aliphatic imine (C=N–C) groups is 1. The number of benzene rings is 2. The van der Waals surface area contributed by atoms with Crippen LogP contribution in [0.4, 0.5) is 4.39 Å². The molecule has 11 heteroatoms. The van der Waals surface area contributed by atoms with Crippen LogP contribution < -0.4 is 4.74 Å². The van der Waals surface area contributed by atoms with Gasteiger partial charge in [0, 0.05) is 5.56 Å². The summed E-state index contributed by atoms with van der Waals surface area (Å²) in [6.07, 6.45) is 1.47. The van der Waals surface area contributed by atoms with Crippen LogP contribution in [0, 0.1) is 11.2 Å². The van der Waals surface area contributed by atoms with Crippen LogP contribution in [0.15, 0.2) is 64.2 Å². The molecule has 0 unspecified atom stereocenters. The molecule has 0 radical (unpaired) electrons. The number of carbonyl (C=O) groups is 1. The molecule has 164 valence electrons. The molecule has 0 atom stereocenters. The highest BCUT2D eigenvalue weighted by molar-refractivity contribution is 8.42. The molecular formula is C21H17FN4O4S2. The van der Waals surface area contributed by atoms with E-state index in [9.17, 15) is 17.6 Å². The van der Waals surface area contributed by atoms with Crippen molar-refractivity contribution in [3.05, 3.63) is 71.0 Å². The van der Waals surface area contributed by atoms with Gasteiger partial charge < -0.3 is 4.74 Å². The van der Waals surface area contributed by atoms with Crippen molar-refractivity contribution in [2.24, 2.45) is 10.1 Å².